The van der Waals surface area contributed by atoms with Gasteiger partial charge in [-0.3, -0.25) is 0 Å². The van der Waals surface area contributed by atoms with E-state index in [1.54, 1.807) is 0 Å². The van der Waals surface area contributed by atoms with E-state index in [1.807, 2.05) is 32.1 Å². The van der Waals surface area contributed by atoms with E-state index in [1.165, 1.54) is 32.6 Å². The van der Waals surface area contributed by atoms with Gasteiger partial charge in [-0.2, -0.15) is 0 Å². The highest BCUT2D eigenvalue weighted by Crippen LogP contribution is 2.36. The molecule has 2 unspecified atom stereocenters. The number of carbonyl (C=O) groups excluding carboxylic acids is 1. The third-order valence-electron chi connectivity index (χ3n) is 3.91. The molecule has 1 amide bonds. The fraction of sp³-hybridized carbons (Fsp3) is 0.706. The molecule has 2 rings (SSSR count). The van der Waals surface area contributed by atoms with Crippen LogP contribution in [0.4, 0.5) is 4.79 Å². The molecule has 2 N–H and O–H groups in total. The third-order valence-corrected chi connectivity index (χ3v) is 5.88. The van der Waals surface area contributed by atoms with Crippen molar-refractivity contribution in [2.75, 3.05) is 6.54 Å². The first-order chi connectivity index (χ1) is 10.8. The minimum absolute atomic E-state index is 0.0907. The minimum atomic E-state index is -0.457. The number of thiophene rings is 1. The molecular formula is C17H27IN2O2S. The zero-order valence-electron chi connectivity index (χ0n) is 14.4. The number of nitrogens with one attached hydrogen (secondary N) is 2. The van der Waals surface area contributed by atoms with Crippen LogP contribution in [0.3, 0.4) is 0 Å². The van der Waals surface area contributed by atoms with Crippen LogP contribution >= 0.6 is 33.9 Å². The highest BCUT2D eigenvalue weighted by atomic mass is 127. The van der Waals surface area contributed by atoms with Crippen LogP contribution in [0.5, 0.6) is 0 Å². The van der Waals surface area contributed by atoms with Crippen molar-refractivity contribution in [3.8, 4) is 0 Å². The Morgan fingerprint density at radius 2 is 2.26 bits per heavy atom. The van der Waals surface area contributed by atoms with Gasteiger partial charge in [0.1, 0.15) is 5.60 Å². The maximum absolute atomic E-state index is 11.9. The second-order valence-electron chi connectivity index (χ2n) is 7.03. The van der Waals surface area contributed by atoms with Crippen molar-refractivity contribution in [3.63, 3.8) is 0 Å². The van der Waals surface area contributed by atoms with Crippen molar-refractivity contribution in [1.82, 2.24) is 10.6 Å². The number of hydrogen-bond acceptors (Lipinski definition) is 4. The lowest BCUT2D eigenvalue weighted by Crippen LogP contribution is -2.44. The summed E-state index contributed by atoms with van der Waals surface area (Å²) in [7, 11) is 0. The quantitative estimate of drug-likeness (QED) is 0.644. The maximum Gasteiger partial charge on any atom is 0.407 e. The lowest BCUT2D eigenvalue weighted by molar-refractivity contribution is 0.0501. The van der Waals surface area contributed by atoms with Crippen LogP contribution < -0.4 is 10.6 Å². The maximum atomic E-state index is 11.9. The average molecular weight is 450 g/mol. The van der Waals surface area contributed by atoms with Gasteiger partial charge in [0.25, 0.3) is 0 Å². The molecule has 1 aliphatic rings. The first-order valence-corrected chi connectivity index (χ1v) is 10.2. The van der Waals surface area contributed by atoms with Crippen LogP contribution in [0, 0.1) is 2.88 Å². The first kappa shape index (κ1) is 19.0. The van der Waals surface area contributed by atoms with Crippen LogP contribution in [-0.4, -0.2) is 24.3 Å². The summed E-state index contributed by atoms with van der Waals surface area (Å²) in [5.41, 5.74) is 0.999. The summed E-state index contributed by atoms with van der Waals surface area (Å²) < 4.78 is 6.71. The normalized spacial score (nSPS) is 19.1. The molecule has 4 nitrogen and oxygen atoms in total. The van der Waals surface area contributed by atoms with Crippen LogP contribution in [0.1, 0.15) is 63.4 Å². The molecule has 1 aliphatic carbocycles. The van der Waals surface area contributed by atoms with Gasteiger partial charge in [0, 0.05) is 23.5 Å². The van der Waals surface area contributed by atoms with E-state index in [9.17, 15) is 4.79 Å². The van der Waals surface area contributed by atoms with Gasteiger partial charge in [-0.25, -0.2) is 4.79 Å². The number of rotatable bonds is 5. The summed E-state index contributed by atoms with van der Waals surface area (Å²) in [6.07, 6.45) is 4.16. The molecule has 0 radical (unpaired) electrons. The Morgan fingerprint density at radius 3 is 2.91 bits per heavy atom. The van der Waals surface area contributed by atoms with Crippen LogP contribution in [-0.2, 0) is 11.2 Å². The second-order valence-corrected chi connectivity index (χ2v) is 10.1. The predicted molar refractivity (Wildman–Crippen MR) is 104 cm³/mol. The van der Waals surface area contributed by atoms with E-state index in [2.05, 4.69) is 46.2 Å². The summed E-state index contributed by atoms with van der Waals surface area (Å²) in [5, 5.41) is 6.61. The monoisotopic (exact) mass is 450 g/mol. The molecule has 6 heteroatoms. The molecular weight excluding hydrogens is 423 g/mol. The number of alkyl carbamates (subject to hydrolysis) is 1. The molecule has 0 fully saturated rings. The summed E-state index contributed by atoms with van der Waals surface area (Å²) in [6, 6.07) is 2.81. The van der Waals surface area contributed by atoms with Crippen LogP contribution in [0.15, 0.2) is 6.07 Å². The largest absolute Gasteiger partial charge is 0.444 e. The molecule has 0 saturated carbocycles. The van der Waals surface area contributed by atoms with E-state index in [-0.39, 0.29) is 12.1 Å². The lowest BCUT2D eigenvalue weighted by Gasteiger charge is -2.27. The molecule has 1 heterocycles. The van der Waals surface area contributed by atoms with Crippen LogP contribution in [0.25, 0.3) is 0 Å². The number of fused-ring (bicyclic) bond motifs is 1. The Labute approximate surface area is 156 Å². The Balaban J connectivity index is 1.87. The zero-order valence-corrected chi connectivity index (χ0v) is 17.3. The molecule has 0 aliphatic heterocycles. The fourth-order valence-electron chi connectivity index (χ4n) is 2.79. The number of hydrogen-bond donors (Lipinski definition) is 2. The van der Waals surface area contributed by atoms with Crippen LogP contribution in [0.2, 0.25) is 0 Å². The SMILES string of the molecule is CCC(CNC1CCCc2sc(I)cc21)NC(=O)OC(C)(C)C. The summed E-state index contributed by atoms with van der Waals surface area (Å²) in [6.45, 7) is 8.50. The van der Waals surface area contributed by atoms with Gasteiger partial charge in [0.15, 0.2) is 0 Å². The topological polar surface area (TPSA) is 50.4 Å². The molecule has 0 bridgehead atoms. The number of aryl methyl sites for hydroxylation is 1. The predicted octanol–water partition coefficient (Wildman–Crippen LogP) is 4.62. The minimum Gasteiger partial charge on any atom is -0.444 e. The van der Waals surface area contributed by atoms with Gasteiger partial charge < -0.3 is 15.4 Å². The van der Waals surface area contributed by atoms with Crippen molar-refractivity contribution in [1.29, 1.82) is 0 Å². The number of amides is 1. The molecule has 23 heavy (non-hydrogen) atoms. The van der Waals surface area contributed by atoms with E-state index >= 15 is 0 Å². The summed E-state index contributed by atoms with van der Waals surface area (Å²) >= 11 is 4.31. The average Bonchev–Trinajstić information content (AvgIpc) is 2.82. The van der Waals surface area contributed by atoms with E-state index in [0.717, 1.165) is 13.0 Å². The van der Waals surface area contributed by atoms with Gasteiger partial charge in [-0.15, -0.1) is 11.3 Å². The Morgan fingerprint density at radius 1 is 1.52 bits per heavy atom. The van der Waals surface area contributed by atoms with Crippen molar-refractivity contribution in [3.05, 3.63) is 19.4 Å². The van der Waals surface area contributed by atoms with Gasteiger partial charge in [0.2, 0.25) is 0 Å². The molecule has 0 aromatic carbocycles. The molecule has 2 atom stereocenters. The lowest BCUT2D eigenvalue weighted by atomic mass is 9.94. The smallest absolute Gasteiger partial charge is 0.407 e. The summed E-state index contributed by atoms with van der Waals surface area (Å²) in [5.74, 6) is 0. The van der Waals surface area contributed by atoms with Crippen molar-refractivity contribution < 1.29 is 9.53 Å². The van der Waals surface area contributed by atoms with Gasteiger partial charge in [-0.1, -0.05) is 6.92 Å². The highest BCUT2D eigenvalue weighted by Gasteiger charge is 2.24. The third kappa shape index (κ3) is 5.90. The molecule has 0 spiro atoms. The second kappa shape index (κ2) is 8.16. The van der Waals surface area contributed by atoms with E-state index < -0.39 is 5.60 Å². The summed E-state index contributed by atoms with van der Waals surface area (Å²) in [4.78, 5) is 13.4. The number of halogens is 1. The van der Waals surface area contributed by atoms with Crippen molar-refractivity contribution in [2.45, 2.75) is 71.1 Å². The zero-order chi connectivity index (χ0) is 17.0. The van der Waals surface area contributed by atoms with E-state index in [0.29, 0.717) is 6.04 Å². The molecule has 1 aromatic rings. The van der Waals surface area contributed by atoms with Gasteiger partial charge >= 0.3 is 6.09 Å². The van der Waals surface area contributed by atoms with Crippen molar-refractivity contribution in [2.24, 2.45) is 0 Å². The van der Waals surface area contributed by atoms with Gasteiger partial charge in [-0.05, 0) is 80.7 Å². The number of ether oxygens (including phenoxy) is 1. The van der Waals surface area contributed by atoms with E-state index in [4.69, 9.17) is 4.74 Å². The number of carbonyl (C=O) groups is 1. The Kier molecular flexibility index (Phi) is 6.74. The Bertz CT molecular complexity index is 539. The molecule has 1 aromatic heterocycles. The first-order valence-electron chi connectivity index (χ1n) is 8.29. The van der Waals surface area contributed by atoms with Gasteiger partial charge in [0.05, 0.1) is 2.88 Å². The highest BCUT2D eigenvalue weighted by molar-refractivity contribution is 14.1. The van der Waals surface area contributed by atoms with Crippen molar-refractivity contribution >= 4 is 40.0 Å². The standard InChI is InChI=1S/C17H27IN2O2S/c1-5-11(20-16(21)22-17(2,3)4)10-19-13-7-6-8-14-12(13)9-15(18)23-14/h9,11,13,19H,5-8,10H2,1-4H3,(H,20,21). The molecule has 0 saturated heterocycles. The Hall–Kier alpha value is -0.340. The fourth-order valence-corrected chi connectivity index (χ4v) is 4.91. The molecule has 130 valence electrons.